The number of fused-ring (bicyclic) bond motifs is 1. The minimum atomic E-state index is 0.151. The average Bonchev–Trinajstić information content (AvgIpc) is 2.63. The number of para-hydroxylation sites is 2. The highest BCUT2D eigenvalue weighted by Crippen LogP contribution is 2.31. The van der Waals surface area contributed by atoms with Crippen molar-refractivity contribution in [2.45, 2.75) is 39.5 Å². The zero-order chi connectivity index (χ0) is 15.3. The van der Waals surface area contributed by atoms with Gasteiger partial charge >= 0.3 is 0 Å². The Morgan fingerprint density at radius 3 is 2.81 bits per heavy atom. The van der Waals surface area contributed by atoms with E-state index in [1.165, 1.54) is 0 Å². The molecule has 0 saturated heterocycles. The third kappa shape index (κ3) is 4.21. The summed E-state index contributed by atoms with van der Waals surface area (Å²) in [5.41, 5.74) is 6.84. The van der Waals surface area contributed by atoms with Gasteiger partial charge in [0.05, 0.1) is 18.7 Å². The number of carbonyl (C=O) groups is 1. The molecule has 1 aromatic carbocycles. The molecule has 2 N–H and O–H groups in total. The van der Waals surface area contributed by atoms with Crippen molar-refractivity contribution in [3.8, 4) is 5.75 Å². The lowest BCUT2D eigenvalue weighted by Crippen LogP contribution is -2.31. The predicted molar refractivity (Wildman–Crippen MR) is 85.6 cm³/mol. The molecule has 1 amide bonds. The molecular formula is C17H26N2O2. The van der Waals surface area contributed by atoms with E-state index in [2.05, 4.69) is 13.8 Å². The number of hydrogen-bond acceptors (Lipinski definition) is 3. The van der Waals surface area contributed by atoms with Crippen LogP contribution in [0.4, 0.5) is 5.69 Å². The second-order valence-corrected chi connectivity index (χ2v) is 6.44. The minimum absolute atomic E-state index is 0.151. The van der Waals surface area contributed by atoms with E-state index in [0.29, 0.717) is 19.6 Å². The number of benzene rings is 1. The fraction of sp³-hybridized carbons (Fsp3) is 0.588. The number of hydrogen-bond donors (Lipinski definition) is 1. The molecule has 0 fully saturated rings. The van der Waals surface area contributed by atoms with Crippen LogP contribution in [0.2, 0.25) is 0 Å². The Kier molecular flexibility index (Phi) is 5.23. The highest BCUT2D eigenvalue weighted by atomic mass is 16.5. The topological polar surface area (TPSA) is 55.6 Å². The lowest BCUT2D eigenvalue weighted by Gasteiger charge is -2.24. The number of nitrogens with two attached hydrogens (primary N) is 1. The first-order valence-corrected chi connectivity index (χ1v) is 7.76. The van der Waals surface area contributed by atoms with E-state index in [1.54, 1.807) is 0 Å². The second-order valence-electron chi connectivity index (χ2n) is 6.44. The molecule has 0 unspecified atom stereocenters. The molecular weight excluding hydrogens is 264 g/mol. The third-order valence-corrected chi connectivity index (χ3v) is 4.07. The Hall–Kier alpha value is -1.55. The third-order valence-electron chi connectivity index (χ3n) is 4.07. The molecule has 1 aromatic rings. The molecule has 1 aliphatic rings. The summed E-state index contributed by atoms with van der Waals surface area (Å²) in [6, 6.07) is 7.78. The van der Waals surface area contributed by atoms with E-state index in [1.807, 2.05) is 29.2 Å². The van der Waals surface area contributed by atoms with Crippen LogP contribution in [0.3, 0.4) is 0 Å². The van der Waals surface area contributed by atoms with Crippen LogP contribution in [0.15, 0.2) is 24.3 Å². The summed E-state index contributed by atoms with van der Waals surface area (Å²) in [4.78, 5) is 14.1. The molecule has 0 radical (unpaired) electrons. The molecule has 4 heteroatoms. The number of ether oxygens (including phenoxy) is 1. The van der Waals surface area contributed by atoms with E-state index in [0.717, 1.165) is 37.2 Å². The number of amides is 1. The molecule has 0 spiro atoms. The van der Waals surface area contributed by atoms with Gasteiger partial charge in [0.25, 0.3) is 0 Å². The van der Waals surface area contributed by atoms with Gasteiger partial charge < -0.3 is 15.4 Å². The Bertz CT molecular complexity index is 485. The summed E-state index contributed by atoms with van der Waals surface area (Å²) in [6.07, 6.45) is 3.60. The van der Waals surface area contributed by atoms with Gasteiger partial charge in [-0.05, 0) is 36.9 Å². The molecule has 0 saturated carbocycles. The highest BCUT2D eigenvalue weighted by Gasteiger charge is 2.22. The Balaban J connectivity index is 1.96. The summed E-state index contributed by atoms with van der Waals surface area (Å²) in [6.45, 7) is 6.29. The Morgan fingerprint density at radius 1 is 1.29 bits per heavy atom. The molecule has 2 rings (SSSR count). The van der Waals surface area contributed by atoms with Crippen LogP contribution in [0.1, 0.15) is 39.5 Å². The van der Waals surface area contributed by atoms with Gasteiger partial charge in [0, 0.05) is 6.54 Å². The number of anilines is 1. The van der Waals surface area contributed by atoms with Gasteiger partial charge in [-0.2, -0.15) is 0 Å². The summed E-state index contributed by atoms with van der Waals surface area (Å²) in [5.74, 6) is 0.962. The molecule has 1 aliphatic heterocycles. The van der Waals surface area contributed by atoms with E-state index < -0.39 is 0 Å². The first kappa shape index (κ1) is 15.8. The average molecular weight is 290 g/mol. The van der Waals surface area contributed by atoms with Gasteiger partial charge in [-0.3, -0.25) is 4.79 Å². The number of rotatable bonds is 6. The molecule has 21 heavy (non-hydrogen) atoms. The van der Waals surface area contributed by atoms with E-state index >= 15 is 0 Å². The SMILES string of the molecule is CC(C)(CN)CCCCN1C(=O)CCOc2ccccc21. The highest BCUT2D eigenvalue weighted by molar-refractivity contribution is 5.95. The fourth-order valence-electron chi connectivity index (χ4n) is 2.54. The Labute approximate surface area is 127 Å². The molecule has 0 bridgehead atoms. The van der Waals surface area contributed by atoms with Crippen molar-refractivity contribution in [1.82, 2.24) is 0 Å². The van der Waals surface area contributed by atoms with Crippen molar-refractivity contribution in [1.29, 1.82) is 0 Å². The van der Waals surface area contributed by atoms with Crippen LogP contribution >= 0.6 is 0 Å². The van der Waals surface area contributed by atoms with E-state index in [9.17, 15) is 4.79 Å². The molecule has 0 aromatic heterocycles. The largest absolute Gasteiger partial charge is 0.491 e. The zero-order valence-electron chi connectivity index (χ0n) is 13.1. The standard InChI is InChI=1S/C17H26N2O2/c1-17(2,13-18)10-5-6-11-19-14-7-3-4-8-15(14)21-12-9-16(19)20/h3-4,7-8H,5-6,9-13,18H2,1-2H3. The zero-order valence-corrected chi connectivity index (χ0v) is 13.1. The summed E-state index contributed by atoms with van der Waals surface area (Å²) in [7, 11) is 0. The van der Waals surface area contributed by atoms with Gasteiger partial charge in [-0.15, -0.1) is 0 Å². The van der Waals surface area contributed by atoms with Crippen molar-refractivity contribution in [3.05, 3.63) is 24.3 Å². The number of carbonyl (C=O) groups excluding carboxylic acids is 1. The monoisotopic (exact) mass is 290 g/mol. The van der Waals surface area contributed by atoms with Gasteiger partial charge in [0.1, 0.15) is 5.75 Å². The van der Waals surface area contributed by atoms with Crippen molar-refractivity contribution in [3.63, 3.8) is 0 Å². The summed E-state index contributed by atoms with van der Waals surface area (Å²) >= 11 is 0. The molecule has 116 valence electrons. The van der Waals surface area contributed by atoms with Crippen molar-refractivity contribution in [2.75, 3.05) is 24.6 Å². The molecule has 1 heterocycles. The predicted octanol–water partition coefficient (Wildman–Crippen LogP) is 2.96. The fourth-order valence-corrected chi connectivity index (χ4v) is 2.54. The van der Waals surface area contributed by atoms with Crippen molar-refractivity contribution in [2.24, 2.45) is 11.1 Å². The first-order valence-electron chi connectivity index (χ1n) is 7.76. The summed E-state index contributed by atoms with van der Waals surface area (Å²) in [5, 5.41) is 0. The quantitative estimate of drug-likeness (QED) is 0.820. The number of unbranched alkanes of at least 4 members (excludes halogenated alkanes) is 1. The van der Waals surface area contributed by atoms with Gasteiger partial charge in [0.2, 0.25) is 5.91 Å². The van der Waals surface area contributed by atoms with E-state index in [4.69, 9.17) is 10.5 Å². The minimum Gasteiger partial charge on any atom is -0.491 e. The van der Waals surface area contributed by atoms with Crippen LogP contribution in [-0.4, -0.2) is 25.6 Å². The van der Waals surface area contributed by atoms with Crippen LogP contribution < -0.4 is 15.4 Å². The molecule has 4 nitrogen and oxygen atoms in total. The van der Waals surface area contributed by atoms with Crippen LogP contribution in [-0.2, 0) is 4.79 Å². The maximum absolute atomic E-state index is 12.3. The molecule has 0 aliphatic carbocycles. The van der Waals surface area contributed by atoms with Gasteiger partial charge in [-0.25, -0.2) is 0 Å². The first-order chi connectivity index (χ1) is 10.0. The maximum Gasteiger partial charge on any atom is 0.230 e. The Morgan fingerprint density at radius 2 is 2.05 bits per heavy atom. The molecule has 0 atom stereocenters. The summed E-state index contributed by atoms with van der Waals surface area (Å²) < 4.78 is 5.65. The lowest BCUT2D eigenvalue weighted by atomic mass is 9.87. The maximum atomic E-state index is 12.3. The van der Waals surface area contributed by atoms with Crippen molar-refractivity contribution >= 4 is 11.6 Å². The smallest absolute Gasteiger partial charge is 0.230 e. The lowest BCUT2D eigenvalue weighted by molar-refractivity contribution is -0.118. The van der Waals surface area contributed by atoms with Gasteiger partial charge in [-0.1, -0.05) is 32.4 Å². The van der Waals surface area contributed by atoms with Crippen LogP contribution in [0.5, 0.6) is 5.75 Å². The van der Waals surface area contributed by atoms with Crippen LogP contribution in [0, 0.1) is 5.41 Å². The van der Waals surface area contributed by atoms with E-state index in [-0.39, 0.29) is 11.3 Å². The van der Waals surface area contributed by atoms with Crippen molar-refractivity contribution < 1.29 is 9.53 Å². The van der Waals surface area contributed by atoms with Gasteiger partial charge in [0.15, 0.2) is 0 Å². The normalized spacial score (nSPS) is 15.4. The second kappa shape index (κ2) is 6.94. The van der Waals surface area contributed by atoms with Crippen LogP contribution in [0.25, 0.3) is 0 Å². The number of nitrogens with zero attached hydrogens (tertiary/aromatic N) is 1.